The van der Waals surface area contributed by atoms with Crippen LogP contribution in [0.25, 0.3) is 5.82 Å². The van der Waals surface area contributed by atoms with Crippen molar-refractivity contribution < 1.29 is 9.13 Å². The molecule has 1 saturated heterocycles. The molecule has 1 fully saturated rings. The van der Waals surface area contributed by atoms with Gasteiger partial charge in [0.15, 0.2) is 5.82 Å². The van der Waals surface area contributed by atoms with Gasteiger partial charge in [0.2, 0.25) is 0 Å². The summed E-state index contributed by atoms with van der Waals surface area (Å²) in [6.45, 7) is 6.22. The maximum Gasteiger partial charge on any atom is 0.174 e. The number of nitrogens with zero attached hydrogens (tertiary/aromatic N) is 5. The van der Waals surface area contributed by atoms with Crippen molar-refractivity contribution in [2.45, 2.75) is 39.4 Å². The Hall–Kier alpha value is -2.80. The van der Waals surface area contributed by atoms with Gasteiger partial charge in [-0.25, -0.2) is 14.1 Å². The van der Waals surface area contributed by atoms with Crippen molar-refractivity contribution in [1.29, 1.82) is 0 Å². The van der Waals surface area contributed by atoms with Gasteiger partial charge in [-0.2, -0.15) is 5.10 Å². The Kier molecular flexibility index (Phi) is 5.34. The van der Waals surface area contributed by atoms with Gasteiger partial charge in [-0.05, 0) is 50.5 Å². The van der Waals surface area contributed by atoms with E-state index < -0.39 is 0 Å². The number of hydrogen-bond acceptors (Lipinski definition) is 5. The molecule has 0 saturated carbocycles. The zero-order valence-corrected chi connectivity index (χ0v) is 16.2. The van der Waals surface area contributed by atoms with E-state index in [1.165, 1.54) is 12.1 Å². The van der Waals surface area contributed by atoms with Crippen molar-refractivity contribution in [2.24, 2.45) is 0 Å². The molecule has 0 aliphatic carbocycles. The lowest BCUT2D eigenvalue weighted by Crippen LogP contribution is -2.37. The maximum absolute atomic E-state index is 13.0. The van der Waals surface area contributed by atoms with Crippen LogP contribution < -0.4 is 4.90 Å². The quantitative estimate of drug-likeness (QED) is 0.676. The molecule has 1 aliphatic heterocycles. The third-order valence-electron chi connectivity index (χ3n) is 5.00. The SMILES string of the molecule is Cc1cc(C)n(-c2cncc(N3CCC(OCc4ccc(F)cc4)CC3)n2)n1. The summed E-state index contributed by atoms with van der Waals surface area (Å²) in [6, 6.07) is 8.50. The molecule has 3 aromatic rings. The number of halogens is 1. The molecule has 0 bridgehead atoms. The second-order valence-electron chi connectivity index (χ2n) is 7.20. The number of aryl methyl sites for hydroxylation is 2. The van der Waals surface area contributed by atoms with Crippen molar-refractivity contribution in [2.75, 3.05) is 18.0 Å². The van der Waals surface area contributed by atoms with Crippen LogP contribution in [0.5, 0.6) is 0 Å². The Morgan fingerprint density at radius 2 is 1.79 bits per heavy atom. The zero-order valence-electron chi connectivity index (χ0n) is 16.2. The fraction of sp³-hybridized carbons (Fsp3) is 0.381. The molecule has 6 nitrogen and oxygen atoms in total. The van der Waals surface area contributed by atoms with Crippen molar-refractivity contribution in [3.63, 3.8) is 0 Å². The highest BCUT2D eigenvalue weighted by Crippen LogP contribution is 2.21. The van der Waals surface area contributed by atoms with E-state index in [9.17, 15) is 4.39 Å². The van der Waals surface area contributed by atoms with Crippen LogP contribution in [0.1, 0.15) is 29.8 Å². The van der Waals surface area contributed by atoms with Crippen molar-refractivity contribution >= 4 is 5.82 Å². The smallest absolute Gasteiger partial charge is 0.174 e. The van der Waals surface area contributed by atoms with Gasteiger partial charge in [-0.15, -0.1) is 0 Å². The molecule has 4 rings (SSSR count). The minimum absolute atomic E-state index is 0.202. The molecule has 0 unspecified atom stereocenters. The Bertz CT molecular complexity index is 932. The van der Waals surface area contributed by atoms with Crippen molar-refractivity contribution in [3.8, 4) is 5.82 Å². The monoisotopic (exact) mass is 381 g/mol. The predicted octanol–water partition coefficient (Wildman–Crippen LogP) is 3.60. The highest BCUT2D eigenvalue weighted by atomic mass is 19.1. The third kappa shape index (κ3) is 4.20. The number of hydrogen-bond donors (Lipinski definition) is 0. The lowest BCUT2D eigenvalue weighted by atomic mass is 10.1. The zero-order chi connectivity index (χ0) is 19.5. The number of anilines is 1. The number of ether oxygens (including phenoxy) is 1. The average molecular weight is 381 g/mol. The molecule has 28 heavy (non-hydrogen) atoms. The van der Waals surface area contributed by atoms with Crippen LogP contribution in [0, 0.1) is 19.7 Å². The molecule has 146 valence electrons. The van der Waals surface area contributed by atoms with Gasteiger partial charge < -0.3 is 9.64 Å². The molecule has 0 radical (unpaired) electrons. The largest absolute Gasteiger partial charge is 0.373 e. The van der Waals surface area contributed by atoms with Gasteiger partial charge >= 0.3 is 0 Å². The molecule has 3 heterocycles. The van der Waals surface area contributed by atoms with Crippen LogP contribution in [0.3, 0.4) is 0 Å². The fourth-order valence-corrected chi connectivity index (χ4v) is 3.51. The van der Waals surface area contributed by atoms with Gasteiger partial charge in [0, 0.05) is 18.8 Å². The second-order valence-corrected chi connectivity index (χ2v) is 7.20. The first-order valence-electron chi connectivity index (χ1n) is 9.55. The second kappa shape index (κ2) is 8.06. The summed E-state index contributed by atoms with van der Waals surface area (Å²) in [4.78, 5) is 11.4. The molecule has 1 aliphatic rings. The van der Waals surface area contributed by atoms with E-state index >= 15 is 0 Å². The summed E-state index contributed by atoms with van der Waals surface area (Å²) >= 11 is 0. The minimum Gasteiger partial charge on any atom is -0.373 e. The lowest BCUT2D eigenvalue weighted by molar-refractivity contribution is 0.0250. The van der Waals surface area contributed by atoms with E-state index in [4.69, 9.17) is 9.72 Å². The van der Waals surface area contributed by atoms with Crippen molar-refractivity contribution in [1.82, 2.24) is 19.7 Å². The van der Waals surface area contributed by atoms with Crippen LogP contribution >= 0.6 is 0 Å². The summed E-state index contributed by atoms with van der Waals surface area (Å²) in [5, 5.41) is 4.49. The van der Waals surface area contributed by atoms with E-state index in [-0.39, 0.29) is 11.9 Å². The van der Waals surface area contributed by atoms with Crippen LogP contribution in [0.2, 0.25) is 0 Å². The summed E-state index contributed by atoms with van der Waals surface area (Å²) < 4.78 is 20.8. The summed E-state index contributed by atoms with van der Waals surface area (Å²) in [5.74, 6) is 1.38. The Morgan fingerprint density at radius 3 is 2.46 bits per heavy atom. The maximum atomic E-state index is 13.0. The molecule has 0 N–H and O–H groups in total. The van der Waals surface area contributed by atoms with E-state index in [1.807, 2.05) is 24.6 Å². The molecular weight excluding hydrogens is 357 g/mol. The van der Waals surface area contributed by atoms with Crippen molar-refractivity contribution in [3.05, 3.63) is 65.5 Å². The molecule has 0 amide bonds. The van der Waals surface area contributed by atoms with E-state index in [0.717, 1.165) is 54.5 Å². The topological polar surface area (TPSA) is 56.1 Å². The van der Waals surface area contributed by atoms with Gasteiger partial charge in [0.05, 0.1) is 30.8 Å². The third-order valence-corrected chi connectivity index (χ3v) is 5.00. The highest BCUT2D eigenvalue weighted by molar-refractivity contribution is 5.40. The van der Waals surface area contributed by atoms with E-state index in [0.29, 0.717) is 6.61 Å². The highest BCUT2D eigenvalue weighted by Gasteiger charge is 2.21. The minimum atomic E-state index is -0.221. The van der Waals surface area contributed by atoms with E-state index in [2.05, 4.69) is 15.0 Å². The van der Waals surface area contributed by atoms with Crippen LogP contribution in [-0.2, 0) is 11.3 Å². The molecule has 7 heteroatoms. The number of benzene rings is 1. The normalized spacial score (nSPS) is 15.2. The Balaban J connectivity index is 1.35. The molecule has 0 atom stereocenters. The molecule has 2 aromatic heterocycles. The summed E-state index contributed by atoms with van der Waals surface area (Å²) in [7, 11) is 0. The molecular formula is C21H24FN5O. The number of piperidine rings is 1. The summed E-state index contributed by atoms with van der Waals surface area (Å²) in [5.41, 5.74) is 2.99. The van der Waals surface area contributed by atoms with Crippen LogP contribution in [-0.4, -0.2) is 38.9 Å². The standard InChI is InChI=1S/C21H24FN5O/c1-15-11-16(2)27(25-15)21-13-23-12-20(24-21)26-9-7-19(8-10-26)28-14-17-3-5-18(22)6-4-17/h3-6,11-13,19H,7-10,14H2,1-2H3. The van der Waals surface area contributed by atoms with Gasteiger partial charge in [0.25, 0.3) is 0 Å². The van der Waals surface area contributed by atoms with Crippen LogP contribution in [0.15, 0.2) is 42.7 Å². The van der Waals surface area contributed by atoms with Gasteiger partial charge in [-0.3, -0.25) is 4.98 Å². The molecule has 1 aromatic carbocycles. The summed E-state index contributed by atoms with van der Waals surface area (Å²) in [6.07, 6.45) is 5.59. The fourth-order valence-electron chi connectivity index (χ4n) is 3.51. The first kappa shape index (κ1) is 18.6. The lowest BCUT2D eigenvalue weighted by Gasteiger charge is -2.32. The van der Waals surface area contributed by atoms with Crippen LogP contribution in [0.4, 0.5) is 10.2 Å². The first-order valence-corrected chi connectivity index (χ1v) is 9.55. The predicted molar refractivity (Wildman–Crippen MR) is 105 cm³/mol. The molecule has 0 spiro atoms. The number of rotatable bonds is 5. The first-order chi connectivity index (χ1) is 13.6. The average Bonchev–Trinajstić information content (AvgIpc) is 3.06. The van der Waals surface area contributed by atoms with E-state index in [1.54, 1.807) is 24.5 Å². The number of aromatic nitrogens is 4. The Labute approximate surface area is 164 Å². The Morgan fingerprint density at radius 1 is 1.07 bits per heavy atom. The van der Waals surface area contributed by atoms with Gasteiger partial charge in [-0.1, -0.05) is 12.1 Å². The van der Waals surface area contributed by atoms with Gasteiger partial charge in [0.1, 0.15) is 11.6 Å².